The zero-order valence-electron chi connectivity index (χ0n) is 11.9. The number of ether oxygens (including phenoxy) is 1. The summed E-state index contributed by atoms with van der Waals surface area (Å²) in [6, 6.07) is 4.26. The Bertz CT molecular complexity index is 821. The molecule has 9 heteroatoms. The number of hydrogen-bond acceptors (Lipinski definition) is 6. The number of nitro groups is 1. The van der Waals surface area contributed by atoms with Crippen LogP contribution in [-0.2, 0) is 20.9 Å². The molecule has 0 fully saturated rings. The number of thiazole rings is 1. The molecule has 1 amide bonds. The summed E-state index contributed by atoms with van der Waals surface area (Å²) in [5.41, 5.74) is 0.523. The fraction of sp³-hybridized carbons (Fsp3) is 0.308. The van der Waals surface area contributed by atoms with Crippen molar-refractivity contribution in [1.82, 2.24) is 4.57 Å². The second-order valence-electron chi connectivity index (χ2n) is 4.32. The van der Waals surface area contributed by atoms with Gasteiger partial charge >= 0.3 is 5.97 Å². The molecule has 0 saturated heterocycles. The fourth-order valence-corrected chi connectivity index (χ4v) is 2.99. The van der Waals surface area contributed by atoms with Crippen LogP contribution in [0.1, 0.15) is 13.8 Å². The third-order valence-electron chi connectivity index (χ3n) is 2.72. The maximum absolute atomic E-state index is 11.7. The zero-order valence-corrected chi connectivity index (χ0v) is 12.8. The summed E-state index contributed by atoms with van der Waals surface area (Å²) in [6.07, 6.45) is 0. The highest BCUT2D eigenvalue weighted by Crippen LogP contribution is 2.23. The lowest BCUT2D eigenvalue weighted by Crippen LogP contribution is -2.22. The molecule has 0 unspecified atom stereocenters. The summed E-state index contributed by atoms with van der Waals surface area (Å²) in [5.74, 6) is -0.885. The van der Waals surface area contributed by atoms with Crippen molar-refractivity contribution in [3.63, 3.8) is 0 Å². The van der Waals surface area contributed by atoms with Crippen LogP contribution in [0, 0.1) is 10.1 Å². The van der Waals surface area contributed by atoms with Crippen LogP contribution in [0.2, 0.25) is 0 Å². The van der Waals surface area contributed by atoms with Gasteiger partial charge in [0.2, 0.25) is 5.91 Å². The van der Waals surface area contributed by atoms with Crippen molar-refractivity contribution in [2.45, 2.75) is 20.4 Å². The summed E-state index contributed by atoms with van der Waals surface area (Å²) < 4.78 is 6.98. The highest BCUT2D eigenvalue weighted by molar-refractivity contribution is 7.16. The van der Waals surface area contributed by atoms with E-state index >= 15 is 0 Å². The Balaban J connectivity index is 2.62. The second-order valence-corrected chi connectivity index (χ2v) is 5.32. The molecule has 0 bridgehead atoms. The van der Waals surface area contributed by atoms with Crippen LogP contribution in [0.4, 0.5) is 5.69 Å². The molecule has 1 aromatic carbocycles. The van der Waals surface area contributed by atoms with E-state index in [0.717, 1.165) is 11.3 Å². The van der Waals surface area contributed by atoms with Gasteiger partial charge in [0.05, 0.1) is 21.7 Å². The molecule has 0 aliphatic heterocycles. The maximum Gasteiger partial charge on any atom is 0.326 e. The second kappa shape index (κ2) is 6.48. The minimum Gasteiger partial charge on any atom is -0.465 e. The van der Waals surface area contributed by atoms with Gasteiger partial charge in [-0.15, -0.1) is 0 Å². The molecule has 1 heterocycles. The lowest BCUT2D eigenvalue weighted by atomic mass is 10.3. The molecule has 2 aromatic rings. The van der Waals surface area contributed by atoms with Crippen molar-refractivity contribution < 1.29 is 19.2 Å². The van der Waals surface area contributed by atoms with Crippen LogP contribution >= 0.6 is 11.3 Å². The minimum atomic E-state index is -0.503. The van der Waals surface area contributed by atoms with Crippen LogP contribution in [0.3, 0.4) is 0 Å². The van der Waals surface area contributed by atoms with Crippen LogP contribution < -0.4 is 4.80 Å². The number of fused-ring (bicyclic) bond motifs is 1. The van der Waals surface area contributed by atoms with E-state index in [1.165, 1.54) is 29.7 Å². The van der Waals surface area contributed by atoms with Gasteiger partial charge in [-0.2, -0.15) is 4.99 Å². The van der Waals surface area contributed by atoms with E-state index < -0.39 is 16.8 Å². The van der Waals surface area contributed by atoms with Crippen molar-refractivity contribution in [3.8, 4) is 0 Å². The summed E-state index contributed by atoms with van der Waals surface area (Å²) in [7, 11) is 0. The molecule has 2 rings (SSSR count). The Morgan fingerprint density at radius 3 is 2.77 bits per heavy atom. The molecule has 0 saturated carbocycles. The summed E-state index contributed by atoms with van der Waals surface area (Å²) >= 11 is 1.11. The lowest BCUT2D eigenvalue weighted by molar-refractivity contribution is -0.384. The van der Waals surface area contributed by atoms with Gasteiger partial charge in [0.1, 0.15) is 6.54 Å². The van der Waals surface area contributed by atoms with Crippen molar-refractivity contribution in [3.05, 3.63) is 33.1 Å². The van der Waals surface area contributed by atoms with E-state index in [1.54, 1.807) is 6.92 Å². The highest BCUT2D eigenvalue weighted by Gasteiger charge is 2.14. The Morgan fingerprint density at radius 1 is 1.45 bits per heavy atom. The Kier molecular flexibility index (Phi) is 4.66. The third kappa shape index (κ3) is 3.37. The zero-order chi connectivity index (χ0) is 16.3. The standard InChI is InChI=1S/C13H13N3O5S/c1-3-21-12(18)7-15-10-5-4-9(16(19)20)6-11(10)22-13(15)14-8(2)17/h4-6H,3,7H2,1-2H3. The van der Waals surface area contributed by atoms with Crippen molar-refractivity contribution in [2.24, 2.45) is 4.99 Å². The molecule has 0 radical (unpaired) electrons. The molecule has 0 aliphatic carbocycles. The van der Waals surface area contributed by atoms with E-state index in [4.69, 9.17) is 4.74 Å². The van der Waals surface area contributed by atoms with E-state index in [1.807, 2.05) is 0 Å². The Labute approximate surface area is 128 Å². The summed E-state index contributed by atoms with van der Waals surface area (Å²) in [4.78, 5) is 37.4. The number of amides is 1. The van der Waals surface area contributed by atoms with Gasteiger partial charge in [-0.25, -0.2) is 0 Å². The molecular formula is C13H13N3O5S. The van der Waals surface area contributed by atoms with Crippen LogP contribution in [0.15, 0.2) is 23.2 Å². The van der Waals surface area contributed by atoms with Crippen molar-refractivity contribution in [2.75, 3.05) is 6.61 Å². The molecule has 0 spiro atoms. The van der Waals surface area contributed by atoms with E-state index in [2.05, 4.69) is 4.99 Å². The first-order valence-electron chi connectivity index (χ1n) is 6.41. The van der Waals surface area contributed by atoms with Crippen molar-refractivity contribution in [1.29, 1.82) is 0 Å². The molecule has 1 aromatic heterocycles. The topological polar surface area (TPSA) is 104 Å². The number of carbonyl (C=O) groups excluding carboxylic acids is 2. The average Bonchev–Trinajstić information content (AvgIpc) is 2.75. The fourth-order valence-electron chi connectivity index (χ4n) is 1.88. The van der Waals surface area contributed by atoms with Gasteiger partial charge in [-0.3, -0.25) is 19.7 Å². The van der Waals surface area contributed by atoms with Gasteiger partial charge in [-0.1, -0.05) is 11.3 Å². The molecule has 0 atom stereocenters. The van der Waals surface area contributed by atoms with E-state index in [9.17, 15) is 19.7 Å². The van der Waals surface area contributed by atoms with Gasteiger partial charge in [0.25, 0.3) is 5.69 Å². The van der Waals surface area contributed by atoms with Gasteiger partial charge < -0.3 is 9.30 Å². The average molecular weight is 323 g/mol. The number of nitrogens with zero attached hydrogens (tertiary/aromatic N) is 3. The monoisotopic (exact) mass is 323 g/mol. The number of hydrogen-bond donors (Lipinski definition) is 0. The van der Waals surface area contributed by atoms with Gasteiger partial charge in [0, 0.05) is 19.1 Å². The predicted molar refractivity (Wildman–Crippen MR) is 79.3 cm³/mol. The van der Waals surface area contributed by atoms with E-state index in [0.29, 0.717) is 15.0 Å². The van der Waals surface area contributed by atoms with Crippen molar-refractivity contribution >= 4 is 39.1 Å². The first-order valence-corrected chi connectivity index (χ1v) is 7.22. The van der Waals surface area contributed by atoms with E-state index in [-0.39, 0.29) is 18.8 Å². The van der Waals surface area contributed by atoms with Crippen LogP contribution in [0.5, 0.6) is 0 Å². The third-order valence-corrected chi connectivity index (χ3v) is 3.76. The number of nitro benzene ring substituents is 1. The number of rotatable bonds is 4. The minimum absolute atomic E-state index is 0.0635. The van der Waals surface area contributed by atoms with Crippen LogP contribution in [0.25, 0.3) is 10.2 Å². The molecule has 0 N–H and O–H groups in total. The Morgan fingerprint density at radius 2 is 2.18 bits per heavy atom. The SMILES string of the molecule is CCOC(=O)Cn1c(=NC(C)=O)sc2cc([N+](=O)[O-])ccc21. The summed E-state index contributed by atoms with van der Waals surface area (Å²) in [6.45, 7) is 3.12. The molecule has 0 aliphatic rings. The Hall–Kier alpha value is -2.55. The first-order chi connectivity index (χ1) is 10.4. The first kappa shape index (κ1) is 15.8. The quantitative estimate of drug-likeness (QED) is 0.483. The molecule has 22 heavy (non-hydrogen) atoms. The maximum atomic E-state index is 11.7. The molecule has 116 valence electrons. The van der Waals surface area contributed by atoms with Crippen LogP contribution in [-0.4, -0.2) is 28.0 Å². The number of carbonyl (C=O) groups is 2. The number of non-ortho nitro benzene ring substituents is 1. The lowest BCUT2D eigenvalue weighted by Gasteiger charge is -2.04. The highest BCUT2D eigenvalue weighted by atomic mass is 32.1. The van der Waals surface area contributed by atoms with Gasteiger partial charge in [-0.05, 0) is 13.0 Å². The number of benzene rings is 1. The summed E-state index contributed by atoms with van der Waals surface area (Å²) in [5, 5.41) is 10.8. The number of esters is 1. The molecular weight excluding hydrogens is 310 g/mol. The molecule has 8 nitrogen and oxygen atoms in total. The largest absolute Gasteiger partial charge is 0.465 e. The number of aromatic nitrogens is 1. The van der Waals surface area contributed by atoms with Gasteiger partial charge in [0.15, 0.2) is 4.80 Å². The normalized spacial score (nSPS) is 11.6. The predicted octanol–water partition coefficient (Wildman–Crippen LogP) is 1.62. The smallest absolute Gasteiger partial charge is 0.326 e.